The number of imidazole rings is 1. The zero-order valence-electron chi connectivity index (χ0n) is 9.14. The van der Waals surface area contributed by atoms with E-state index in [9.17, 15) is 0 Å². The molecule has 3 aromatic rings. The van der Waals surface area contributed by atoms with Gasteiger partial charge in [0.25, 0.3) is 0 Å². The molecule has 3 heterocycles. The fourth-order valence-electron chi connectivity index (χ4n) is 1.79. The number of fused-ring (bicyclic) bond motifs is 1. The summed E-state index contributed by atoms with van der Waals surface area (Å²) in [6, 6.07) is 7.81. The number of aromatic nitrogens is 2. The van der Waals surface area contributed by atoms with Crippen LogP contribution in [0.2, 0.25) is 5.15 Å². The Labute approximate surface area is 107 Å². The molecule has 0 atom stereocenters. The highest BCUT2D eigenvalue weighted by molar-refractivity contribution is 7.15. The second-order valence-electron chi connectivity index (χ2n) is 3.85. The van der Waals surface area contributed by atoms with E-state index in [0.717, 1.165) is 16.2 Å². The van der Waals surface area contributed by atoms with E-state index in [2.05, 4.69) is 24.0 Å². The highest BCUT2D eigenvalue weighted by atomic mass is 35.5. The fourth-order valence-corrected chi connectivity index (χ4v) is 2.87. The lowest BCUT2D eigenvalue weighted by Crippen LogP contribution is -1.90. The lowest BCUT2D eigenvalue weighted by molar-refractivity contribution is 1.17. The van der Waals surface area contributed by atoms with Crippen molar-refractivity contribution in [2.45, 2.75) is 6.92 Å². The number of nitrogens with zero attached hydrogens (tertiary/aromatic N) is 2. The number of nitrogens with two attached hydrogens (primary N) is 1. The average Bonchev–Trinajstić information content (AvgIpc) is 2.84. The Morgan fingerprint density at radius 1 is 1.35 bits per heavy atom. The summed E-state index contributed by atoms with van der Waals surface area (Å²) in [6.07, 6.45) is 1.90. The van der Waals surface area contributed by atoms with Crippen LogP contribution in [0.15, 0.2) is 30.5 Å². The zero-order chi connectivity index (χ0) is 12.0. The second kappa shape index (κ2) is 3.75. The standard InChI is InChI=1S/C12H10ClN3S/c1-7-2-3-10(17-7)12-15-11(13)9-6-8(14)4-5-16(9)12/h2-6H,14H2,1H3. The van der Waals surface area contributed by atoms with Crippen molar-refractivity contribution in [3.05, 3.63) is 40.5 Å². The van der Waals surface area contributed by atoms with E-state index in [1.807, 2.05) is 22.7 Å². The minimum absolute atomic E-state index is 0.485. The lowest BCUT2D eigenvalue weighted by Gasteiger charge is -1.99. The number of anilines is 1. The van der Waals surface area contributed by atoms with Crippen molar-refractivity contribution in [2.75, 3.05) is 5.73 Å². The molecule has 5 heteroatoms. The number of aryl methyl sites for hydroxylation is 1. The van der Waals surface area contributed by atoms with Crippen LogP contribution < -0.4 is 5.73 Å². The van der Waals surface area contributed by atoms with Crippen molar-refractivity contribution in [1.82, 2.24) is 9.38 Å². The number of rotatable bonds is 1. The van der Waals surface area contributed by atoms with Crippen LogP contribution in [-0.4, -0.2) is 9.38 Å². The molecule has 3 aromatic heterocycles. The maximum Gasteiger partial charge on any atom is 0.156 e. The van der Waals surface area contributed by atoms with Gasteiger partial charge in [-0.05, 0) is 31.2 Å². The fraction of sp³-hybridized carbons (Fsp3) is 0.0833. The Morgan fingerprint density at radius 3 is 2.88 bits per heavy atom. The van der Waals surface area contributed by atoms with Gasteiger partial charge in [-0.2, -0.15) is 0 Å². The van der Waals surface area contributed by atoms with Gasteiger partial charge in [-0.3, -0.25) is 4.40 Å². The highest BCUT2D eigenvalue weighted by Gasteiger charge is 2.12. The third-order valence-electron chi connectivity index (χ3n) is 2.58. The van der Waals surface area contributed by atoms with Crippen molar-refractivity contribution in [2.24, 2.45) is 0 Å². The molecule has 0 aliphatic carbocycles. The van der Waals surface area contributed by atoms with Crippen LogP contribution in [0.4, 0.5) is 5.69 Å². The van der Waals surface area contributed by atoms with Crippen LogP contribution in [0.1, 0.15) is 4.88 Å². The van der Waals surface area contributed by atoms with Crippen molar-refractivity contribution < 1.29 is 0 Å². The third kappa shape index (κ3) is 1.69. The molecule has 3 nitrogen and oxygen atoms in total. The molecule has 0 fully saturated rings. The number of nitrogen functional groups attached to an aromatic ring is 1. The van der Waals surface area contributed by atoms with Crippen LogP contribution in [0, 0.1) is 6.92 Å². The van der Waals surface area contributed by atoms with E-state index in [0.29, 0.717) is 10.8 Å². The molecule has 0 unspecified atom stereocenters. The molecule has 0 aliphatic heterocycles. The SMILES string of the molecule is Cc1ccc(-c2nc(Cl)c3cc(N)ccn23)s1. The molecule has 17 heavy (non-hydrogen) atoms. The van der Waals surface area contributed by atoms with Gasteiger partial charge in [0, 0.05) is 16.8 Å². The molecule has 0 aliphatic rings. The Morgan fingerprint density at radius 2 is 2.18 bits per heavy atom. The Hall–Kier alpha value is -1.52. The Bertz CT molecular complexity index is 699. The number of hydrogen-bond acceptors (Lipinski definition) is 3. The molecule has 0 radical (unpaired) electrons. The smallest absolute Gasteiger partial charge is 0.156 e. The van der Waals surface area contributed by atoms with Crippen LogP contribution in [0.3, 0.4) is 0 Å². The number of halogens is 1. The van der Waals surface area contributed by atoms with Crippen LogP contribution in [0.25, 0.3) is 16.2 Å². The monoisotopic (exact) mass is 263 g/mol. The minimum Gasteiger partial charge on any atom is -0.399 e. The number of thiophene rings is 1. The molecule has 0 amide bonds. The van der Waals surface area contributed by atoms with Gasteiger partial charge in [0.2, 0.25) is 0 Å². The van der Waals surface area contributed by atoms with E-state index < -0.39 is 0 Å². The Balaban J connectivity index is 2.31. The summed E-state index contributed by atoms with van der Waals surface area (Å²) in [4.78, 5) is 6.76. The predicted octanol–water partition coefficient (Wildman–Crippen LogP) is 3.61. The first-order valence-corrected chi connectivity index (χ1v) is 6.34. The topological polar surface area (TPSA) is 43.3 Å². The average molecular weight is 264 g/mol. The van der Waals surface area contributed by atoms with Gasteiger partial charge in [-0.15, -0.1) is 11.3 Å². The van der Waals surface area contributed by atoms with Crippen LogP contribution in [-0.2, 0) is 0 Å². The van der Waals surface area contributed by atoms with E-state index in [-0.39, 0.29) is 0 Å². The third-order valence-corrected chi connectivity index (χ3v) is 3.86. The van der Waals surface area contributed by atoms with E-state index in [1.165, 1.54) is 4.88 Å². The molecule has 0 saturated heterocycles. The van der Waals surface area contributed by atoms with Crippen molar-refractivity contribution >= 4 is 34.1 Å². The molecule has 0 bridgehead atoms. The highest BCUT2D eigenvalue weighted by Crippen LogP contribution is 2.31. The molecule has 86 valence electrons. The summed E-state index contributed by atoms with van der Waals surface area (Å²) in [6.45, 7) is 2.07. The van der Waals surface area contributed by atoms with Crippen molar-refractivity contribution in [3.8, 4) is 10.7 Å². The predicted molar refractivity (Wildman–Crippen MR) is 72.7 cm³/mol. The van der Waals surface area contributed by atoms with Gasteiger partial charge >= 0.3 is 0 Å². The summed E-state index contributed by atoms with van der Waals surface area (Å²) < 4.78 is 1.96. The maximum atomic E-state index is 6.12. The first kappa shape index (κ1) is 10.6. The first-order chi connectivity index (χ1) is 8.15. The van der Waals surface area contributed by atoms with Gasteiger partial charge in [-0.25, -0.2) is 4.98 Å². The summed E-state index contributed by atoms with van der Waals surface area (Å²) in [7, 11) is 0. The molecular weight excluding hydrogens is 254 g/mol. The summed E-state index contributed by atoms with van der Waals surface area (Å²) in [5.41, 5.74) is 7.28. The molecule has 0 aromatic carbocycles. The maximum absolute atomic E-state index is 6.12. The molecular formula is C12H10ClN3S. The van der Waals surface area contributed by atoms with Crippen molar-refractivity contribution in [3.63, 3.8) is 0 Å². The summed E-state index contributed by atoms with van der Waals surface area (Å²) >= 11 is 7.82. The van der Waals surface area contributed by atoms with Gasteiger partial charge in [0.15, 0.2) is 11.0 Å². The van der Waals surface area contributed by atoms with E-state index in [1.54, 1.807) is 11.3 Å². The first-order valence-electron chi connectivity index (χ1n) is 5.15. The van der Waals surface area contributed by atoms with Gasteiger partial charge in [0.05, 0.1) is 10.4 Å². The Kier molecular flexibility index (Phi) is 2.34. The van der Waals surface area contributed by atoms with Gasteiger partial charge in [0.1, 0.15) is 0 Å². The van der Waals surface area contributed by atoms with Gasteiger partial charge < -0.3 is 5.73 Å². The van der Waals surface area contributed by atoms with E-state index in [4.69, 9.17) is 17.3 Å². The largest absolute Gasteiger partial charge is 0.399 e. The zero-order valence-corrected chi connectivity index (χ0v) is 10.7. The minimum atomic E-state index is 0.485. The molecule has 3 rings (SSSR count). The normalized spacial score (nSPS) is 11.2. The number of hydrogen-bond donors (Lipinski definition) is 1. The summed E-state index contributed by atoms with van der Waals surface area (Å²) in [5, 5.41) is 0.485. The molecule has 0 saturated carbocycles. The van der Waals surface area contributed by atoms with E-state index >= 15 is 0 Å². The lowest BCUT2D eigenvalue weighted by atomic mass is 10.3. The number of pyridine rings is 1. The van der Waals surface area contributed by atoms with Crippen molar-refractivity contribution in [1.29, 1.82) is 0 Å². The summed E-state index contributed by atoms with van der Waals surface area (Å²) in [5.74, 6) is 0.864. The molecule has 0 spiro atoms. The second-order valence-corrected chi connectivity index (χ2v) is 5.50. The van der Waals surface area contributed by atoms with Gasteiger partial charge in [-0.1, -0.05) is 11.6 Å². The molecule has 2 N–H and O–H groups in total. The quantitative estimate of drug-likeness (QED) is 0.729. The van der Waals surface area contributed by atoms with Crippen LogP contribution in [0.5, 0.6) is 0 Å². The van der Waals surface area contributed by atoms with Crippen LogP contribution >= 0.6 is 22.9 Å².